The number of halogens is 1. The summed E-state index contributed by atoms with van der Waals surface area (Å²) >= 11 is 12.6. The zero-order valence-corrected chi connectivity index (χ0v) is 18.9. The van der Waals surface area contributed by atoms with Crippen LogP contribution in [0.25, 0.3) is 17.0 Å². The lowest BCUT2D eigenvalue weighted by Gasteiger charge is -2.14. The maximum absolute atomic E-state index is 12.5. The van der Waals surface area contributed by atoms with Gasteiger partial charge in [0.05, 0.1) is 12.6 Å². The summed E-state index contributed by atoms with van der Waals surface area (Å²) in [5, 5.41) is 4.72. The SMILES string of the molecule is COc1ccc2nc(Sc3ccc(Cl)cc3)c(C=C3C(=O)NC(=S)N3C(C)=O)cc2c1. The van der Waals surface area contributed by atoms with Crippen molar-refractivity contribution in [2.75, 3.05) is 7.11 Å². The van der Waals surface area contributed by atoms with Gasteiger partial charge in [-0.15, -0.1) is 0 Å². The molecule has 9 heteroatoms. The number of amides is 2. The molecule has 0 unspecified atom stereocenters. The maximum atomic E-state index is 12.5. The number of methoxy groups -OCH3 is 1. The molecule has 1 N–H and O–H groups in total. The quantitative estimate of drug-likeness (QED) is 0.443. The number of carbonyl (C=O) groups excluding carboxylic acids is 2. The molecule has 0 bridgehead atoms. The second kappa shape index (κ2) is 8.66. The van der Waals surface area contributed by atoms with E-state index >= 15 is 0 Å². The Hall–Kier alpha value is -2.94. The fourth-order valence-electron chi connectivity index (χ4n) is 3.10. The molecule has 1 aliphatic heterocycles. The Morgan fingerprint density at radius 3 is 2.65 bits per heavy atom. The summed E-state index contributed by atoms with van der Waals surface area (Å²) in [6, 6.07) is 14.9. The van der Waals surface area contributed by atoms with E-state index in [0.29, 0.717) is 21.4 Å². The predicted molar refractivity (Wildman–Crippen MR) is 125 cm³/mol. The normalized spacial score (nSPS) is 14.9. The zero-order valence-electron chi connectivity index (χ0n) is 16.5. The minimum Gasteiger partial charge on any atom is -0.497 e. The molecule has 2 heterocycles. The molecule has 31 heavy (non-hydrogen) atoms. The average Bonchev–Trinajstić information content (AvgIpc) is 3.02. The number of carbonyl (C=O) groups is 2. The standard InChI is InChI=1S/C22H16ClN3O3S2/c1-12(27)26-19(20(28)25-22(26)30)11-14-9-13-10-16(29-2)5-8-18(13)24-21(14)31-17-6-3-15(23)4-7-17/h3-11H,1-2H3,(H,25,28,30). The first-order valence-electron chi connectivity index (χ1n) is 9.15. The Labute approximate surface area is 193 Å². The van der Waals surface area contributed by atoms with Gasteiger partial charge in [0.25, 0.3) is 5.91 Å². The molecule has 0 spiro atoms. The molecule has 4 rings (SSSR count). The lowest BCUT2D eigenvalue weighted by molar-refractivity contribution is -0.125. The van der Waals surface area contributed by atoms with Crippen LogP contribution in [0.3, 0.4) is 0 Å². The highest BCUT2D eigenvalue weighted by Gasteiger charge is 2.33. The van der Waals surface area contributed by atoms with Gasteiger partial charge in [-0.25, -0.2) is 4.98 Å². The van der Waals surface area contributed by atoms with Crippen molar-refractivity contribution in [3.63, 3.8) is 0 Å². The zero-order chi connectivity index (χ0) is 22.1. The number of thiocarbonyl (C=S) groups is 1. The van der Waals surface area contributed by atoms with E-state index in [9.17, 15) is 9.59 Å². The fraction of sp³-hybridized carbons (Fsp3) is 0.0909. The Bertz CT molecular complexity index is 1260. The van der Waals surface area contributed by atoms with Gasteiger partial charge in [-0.3, -0.25) is 19.8 Å². The molecule has 0 saturated carbocycles. The van der Waals surface area contributed by atoms with Gasteiger partial charge < -0.3 is 4.74 Å². The molecule has 3 aromatic rings. The van der Waals surface area contributed by atoms with Crippen LogP contribution in [0, 0.1) is 0 Å². The maximum Gasteiger partial charge on any atom is 0.274 e. The van der Waals surface area contributed by atoms with Crippen molar-refractivity contribution >= 4 is 69.5 Å². The van der Waals surface area contributed by atoms with E-state index < -0.39 is 5.91 Å². The number of benzene rings is 2. The van der Waals surface area contributed by atoms with Crippen molar-refractivity contribution in [1.29, 1.82) is 0 Å². The summed E-state index contributed by atoms with van der Waals surface area (Å²) in [6.45, 7) is 1.35. The second-order valence-corrected chi connectivity index (χ2v) is 8.53. The molecule has 2 amide bonds. The summed E-state index contributed by atoms with van der Waals surface area (Å²) in [4.78, 5) is 31.4. The third-order valence-electron chi connectivity index (χ3n) is 4.55. The number of fused-ring (bicyclic) bond motifs is 1. The Morgan fingerprint density at radius 2 is 1.97 bits per heavy atom. The van der Waals surface area contributed by atoms with Crippen LogP contribution in [0.15, 0.2) is 64.1 Å². The molecule has 0 atom stereocenters. The molecule has 0 aliphatic carbocycles. The molecular weight excluding hydrogens is 454 g/mol. The van der Waals surface area contributed by atoms with Gasteiger partial charge in [0.2, 0.25) is 5.91 Å². The highest BCUT2D eigenvalue weighted by Crippen LogP contribution is 2.34. The van der Waals surface area contributed by atoms with Crippen molar-refractivity contribution < 1.29 is 14.3 Å². The van der Waals surface area contributed by atoms with Crippen LogP contribution in [0.5, 0.6) is 5.75 Å². The largest absolute Gasteiger partial charge is 0.497 e. The van der Waals surface area contributed by atoms with E-state index in [0.717, 1.165) is 15.8 Å². The molecule has 1 aromatic heterocycles. The van der Waals surface area contributed by atoms with E-state index in [1.54, 1.807) is 25.3 Å². The summed E-state index contributed by atoms with van der Waals surface area (Å²) < 4.78 is 5.32. The van der Waals surface area contributed by atoms with Crippen LogP contribution in [0.2, 0.25) is 5.02 Å². The van der Waals surface area contributed by atoms with Crippen LogP contribution in [-0.4, -0.2) is 33.9 Å². The summed E-state index contributed by atoms with van der Waals surface area (Å²) in [7, 11) is 1.59. The van der Waals surface area contributed by atoms with Crippen LogP contribution in [-0.2, 0) is 9.59 Å². The predicted octanol–water partition coefficient (Wildman–Crippen LogP) is 4.65. The number of ether oxygens (including phenoxy) is 1. The number of hydrogen-bond donors (Lipinski definition) is 1. The molecule has 1 fully saturated rings. The lowest BCUT2D eigenvalue weighted by Crippen LogP contribution is -2.31. The minimum atomic E-state index is -0.437. The lowest BCUT2D eigenvalue weighted by atomic mass is 10.1. The van der Waals surface area contributed by atoms with Gasteiger partial charge in [-0.1, -0.05) is 23.4 Å². The van der Waals surface area contributed by atoms with Crippen molar-refractivity contribution in [2.24, 2.45) is 0 Å². The third kappa shape index (κ3) is 4.41. The van der Waals surface area contributed by atoms with Crippen molar-refractivity contribution in [3.05, 3.63) is 64.8 Å². The molecule has 2 aromatic carbocycles. The highest BCUT2D eigenvalue weighted by atomic mass is 35.5. The van der Waals surface area contributed by atoms with Crippen molar-refractivity contribution in [2.45, 2.75) is 16.8 Å². The van der Waals surface area contributed by atoms with Crippen molar-refractivity contribution in [1.82, 2.24) is 15.2 Å². The Morgan fingerprint density at radius 1 is 1.23 bits per heavy atom. The van der Waals surface area contributed by atoms with E-state index in [2.05, 4.69) is 5.32 Å². The van der Waals surface area contributed by atoms with E-state index in [1.165, 1.54) is 23.6 Å². The average molecular weight is 470 g/mol. The van der Waals surface area contributed by atoms with E-state index in [1.807, 2.05) is 36.4 Å². The van der Waals surface area contributed by atoms with Gasteiger partial charge in [0.15, 0.2) is 5.11 Å². The number of nitrogens with zero attached hydrogens (tertiary/aromatic N) is 2. The van der Waals surface area contributed by atoms with Gasteiger partial charge in [0.1, 0.15) is 16.5 Å². The summed E-state index contributed by atoms with van der Waals surface area (Å²) in [5.74, 6) is -0.0959. The Kier molecular flexibility index (Phi) is 5.95. The molecule has 6 nitrogen and oxygen atoms in total. The fourth-order valence-corrected chi connectivity index (χ4v) is 4.42. The number of nitrogens with one attached hydrogen (secondary N) is 1. The first-order valence-corrected chi connectivity index (χ1v) is 10.8. The first-order chi connectivity index (χ1) is 14.9. The second-order valence-electron chi connectivity index (χ2n) is 6.64. The molecule has 1 saturated heterocycles. The van der Waals surface area contributed by atoms with E-state index in [4.69, 9.17) is 33.5 Å². The summed E-state index contributed by atoms with van der Waals surface area (Å²) in [5.41, 5.74) is 1.59. The topological polar surface area (TPSA) is 71.5 Å². The highest BCUT2D eigenvalue weighted by molar-refractivity contribution is 7.99. The van der Waals surface area contributed by atoms with E-state index in [-0.39, 0.29) is 16.7 Å². The number of aromatic nitrogens is 1. The Balaban J connectivity index is 1.87. The van der Waals surface area contributed by atoms with Gasteiger partial charge in [0, 0.05) is 27.8 Å². The number of pyridine rings is 1. The monoisotopic (exact) mass is 469 g/mol. The third-order valence-corrected chi connectivity index (χ3v) is 6.11. The smallest absolute Gasteiger partial charge is 0.274 e. The number of rotatable bonds is 4. The first kappa shape index (κ1) is 21.3. The van der Waals surface area contributed by atoms with Crippen LogP contribution >= 0.6 is 35.6 Å². The molecular formula is C22H16ClN3O3S2. The van der Waals surface area contributed by atoms with Crippen LogP contribution in [0.1, 0.15) is 12.5 Å². The minimum absolute atomic E-state index is 0.0612. The van der Waals surface area contributed by atoms with Gasteiger partial charge in [-0.2, -0.15) is 0 Å². The van der Waals surface area contributed by atoms with Gasteiger partial charge in [-0.05, 0) is 66.8 Å². The number of hydrogen-bond acceptors (Lipinski definition) is 6. The van der Waals surface area contributed by atoms with Crippen molar-refractivity contribution in [3.8, 4) is 5.75 Å². The van der Waals surface area contributed by atoms with Crippen LogP contribution < -0.4 is 10.1 Å². The summed E-state index contributed by atoms with van der Waals surface area (Å²) in [6.07, 6.45) is 1.63. The molecule has 0 radical (unpaired) electrons. The van der Waals surface area contributed by atoms with Crippen LogP contribution in [0.4, 0.5) is 0 Å². The molecule has 156 valence electrons. The molecule has 1 aliphatic rings. The van der Waals surface area contributed by atoms with Gasteiger partial charge >= 0.3 is 0 Å².